The van der Waals surface area contributed by atoms with Crippen LogP contribution in [-0.4, -0.2) is 5.78 Å². The number of para-hydroxylation sites is 1. The zero-order valence-electron chi connectivity index (χ0n) is 16.1. The Morgan fingerprint density at radius 1 is 0.929 bits per heavy atom. The second kappa shape index (κ2) is 6.52. The molecule has 3 heteroatoms. The van der Waals surface area contributed by atoms with E-state index in [9.17, 15) is 4.79 Å². The summed E-state index contributed by atoms with van der Waals surface area (Å²) in [7, 11) is 0. The Bertz CT molecular complexity index is 1130. The summed E-state index contributed by atoms with van der Waals surface area (Å²) >= 11 is 1.75. The number of benzene rings is 3. The first-order valence-corrected chi connectivity index (χ1v) is 10.6. The van der Waals surface area contributed by atoms with Gasteiger partial charge in [0.05, 0.1) is 10.8 Å². The van der Waals surface area contributed by atoms with Crippen LogP contribution in [0.3, 0.4) is 0 Å². The van der Waals surface area contributed by atoms with Crippen LogP contribution in [0.1, 0.15) is 37.5 Å². The van der Waals surface area contributed by atoms with E-state index in [0.717, 1.165) is 29.1 Å². The molecule has 1 unspecified atom stereocenters. The van der Waals surface area contributed by atoms with E-state index in [-0.39, 0.29) is 16.4 Å². The number of thioether (sulfide) groups is 1. The molecule has 0 saturated carbocycles. The summed E-state index contributed by atoms with van der Waals surface area (Å²) in [6.07, 6.45) is 1.38. The topological polar surface area (TPSA) is 26.3 Å². The minimum atomic E-state index is -0.0552. The van der Waals surface area contributed by atoms with Crippen LogP contribution in [0.15, 0.2) is 83.0 Å². The summed E-state index contributed by atoms with van der Waals surface area (Å²) in [6, 6.07) is 23.0. The molecule has 1 atom stereocenters. The van der Waals surface area contributed by atoms with Gasteiger partial charge in [-0.2, -0.15) is 0 Å². The van der Waals surface area contributed by atoms with Gasteiger partial charge >= 0.3 is 0 Å². The van der Waals surface area contributed by atoms with Crippen LogP contribution in [0.2, 0.25) is 0 Å². The molecule has 0 saturated heterocycles. The second-order valence-electron chi connectivity index (χ2n) is 8.42. The molecule has 0 fully saturated rings. The van der Waals surface area contributed by atoms with Crippen molar-refractivity contribution in [3.63, 3.8) is 0 Å². The van der Waals surface area contributed by atoms with Crippen LogP contribution in [0, 0.1) is 5.41 Å². The van der Waals surface area contributed by atoms with E-state index in [1.807, 2.05) is 18.2 Å². The van der Waals surface area contributed by atoms with Gasteiger partial charge in [-0.15, -0.1) is 11.8 Å². The van der Waals surface area contributed by atoms with Gasteiger partial charge in [0.1, 0.15) is 11.5 Å². The Morgan fingerprint density at radius 2 is 1.68 bits per heavy atom. The van der Waals surface area contributed by atoms with Gasteiger partial charge in [0, 0.05) is 23.3 Å². The number of rotatable bonds is 2. The van der Waals surface area contributed by atoms with Crippen LogP contribution in [0.25, 0.3) is 10.8 Å². The second-order valence-corrected chi connectivity index (χ2v) is 9.60. The maximum absolute atomic E-state index is 13.1. The highest BCUT2D eigenvalue weighted by Crippen LogP contribution is 2.53. The molecular weight excluding hydrogens is 364 g/mol. The van der Waals surface area contributed by atoms with Gasteiger partial charge in [-0.05, 0) is 34.4 Å². The van der Waals surface area contributed by atoms with Gasteiger partial charge in [0.15, 0.2) is 5.78 Å². The molecule has 0 radical (unpaired) electrons. The number of ether oxygens (including phenoxy) is 1. The first kappa shape index (κ1) is 17.6. The van der Waals surface area contributed by atoms with Crippen LogP contribution < -0.4 is 4.74 Å². The van der Waals surface area contributed by atoms with E-state index >= 15 is 0 Å². The highest BCUT2D eigenvalue weighted by Gasteiger charge is 2.41. The van der Waals surface area contributed by atoms with Gasteiger partial charge in [-0.25, -0.2) is 0 Å². The predicted molar refractivity (Wildman–Crippen MR) is 115 cm³/mol. The Morgan fingerprint density at radius 3 is 2.54 bits per heavy atom. The van der Waals surface area contributed by atoms with Crippen molar-refractivity contribution in [2.24, 2.45) is 5.41 Å². The summed E-state index contributed by atoms with van der Waals surface area (Å²) < 4.78 is 6.23. The molecule has 2 aliphatic rings. The number of allylic oxidation sites excluding steroid dienone is 1. The van der Waals surface area contributed by atoms with Crippen LogP contribution >= 0.6 is 11.8 Å². The van der Waals surface area contributed by atoms with Crippen LogP contribution in [0.5, 0.6) is 5.75 Å². The first-order chi connectivity index (χ1) is 13.5. The van der Waals surface area contributed by atoms with E-state index in [1.54, 1.807) is 11.8 Å². The summed E-state index contributed by atoms with van der Waals surface area (Å²) in [6.45, 7) is 4.29. The van der Waals surface area contributed by atoms with Crippen molar-refractivity contribution in [2.75, 3.05) is 0 Å². The zero-order chi connectivity index (χ0) is 19.3. The Kier molecular flexibility index (Phi) is 4.09. The van der Waals surface area contributed by atoms with Crippen LogP contribution in [0.4, 0.5) is 0 Å². The fraction of sp³-hybridized carbons (Fsp3) is 0.240. The summed E-state index contributed by atoms with van der Waals surface area (Å²) in [5, 5.41) is 2.43. The Labute approximate surface area is 169 Å². The summed E-state index contributed by atoms with van der Waals surface area (Å²) in [5.41, 5.74) is 1.89. The van der Waals surface area contributed by atoms with E-state index < -0.39 is 0 Å². The van der Waals surface area contributed by atoms with E-state index in [0.29, 0.717) is 6.42 Å². The summed E-state index contributed by atoms with van der Waals surface area (Å²) in [4.78, 5) is 14.3. The fourth-order valence-electron chi connectivity index (χ4n) is 4.24. The van der Waals surface area contributed by atoms with Gasteiger partial charge in [-0.1, -0.05) is 62.4 Å². The zero-order valence-corrected chi connectivity index (χ0v) is 16.9. The summed E-state index contributed by atoms with van der Waals surface area (Å²) in [5.74, 6) is 1.96. The number of hydrogen-bond donors (Lipinski definition) is 0. The van der Waals surface area contributed by atoms with Crippen molar-refractivity contribution in [3.8, 4) is 5.75 Å². The number of carbonyl (C=O) groups excluding carboxylic acids is 1. The smallest absolute Gasteiger partial charge is 0.164 e. The molecule has 1 aliphatic heterocycles. The third-order valence-corrected chi connectivity index (χ3v) is 6.80. The lowest BCUT2D eigenvalue weighted by atomic mass is 9.74. The fourth-order valence-corrected chi connectivity index (χ4v) is 5.55. The maximum atomic E-state index is 13.1. The molecule has 1 heterocycles. The lowest BCUT2D eigenvalue weighted by molar-refractivity contribution is -0.118. The number of Topliss-reactive ketones (excluding diaryl/α,β-unsaturated/α-hetero) is 1. The number of ketones is 1. The molecule has 3 aromatic rings. The third kappa shape index (κ3) is 3.04. The maximum Gasteiger partial charge on any atom is 0.164 e. The van der Waals surface area contributed by atoms with E-state index in [1.165, 1.54) is 15.7 Å². The van der Waals surface area contributed by atoms with Crippen molar-refractivity contribution in [2.45, 2.75) is 36.8 Å². The van der Waals surface area contributed by atoms with Crippen molar-refractivity contribution in [1.29, 1.82) is 0 Å². The van der Waals surface area contributed by atoms with Crippen LogP contribution in [-0.2, 0) is 4.79 Å². The van der Waals surface area contributed by atoms with E-state index in [4.69, 9.17) is 4.74 Å². The molecule has 2 nitrogen and oxygen atoms in total. The van der Waals surface area contributed by atoms with Gasteiger partial charge < -0.3 is 4.74 Å². The molecule has 5 rings (SSSR count). The third-order valence-electron chi connectivity index (χ3n) is 5.55. The van der Waals surface area contributed by atoms with Crippen molar-refractivity contribution in [1.82, 2.24) is 0 Å². The van der Waals surface area contributed by atoms with Gasteiger partial charge in [0.25, 0.3) is 0 Å². The highest BCUT2D eigenvalue weighted by molar-refractivity contribution is 7.99. The molecule has 140 valence electrons. The molecule has 0 aromatic heterocycles. The molecule has 0 spiro atoms. The minimum Gasteiger partial charge on any atom is -0.461 e. The molecule has 0 amide bonds. The number of hydrogen-bond acceptors (Lipinski definition) is 3. The van der Waals surface area contributed by atoms with Gasteiger partial charge in [0.2, 0.25) is 0 Å². The van der Waals surface area contributed by atoms with Crippen molar-refractivity contribution >= 4 is 28.3 Å². The standard InChI is InChI=1S/C25H22O2S/c1-25(2)14-20(26)23-22(15-25)27-21-10-6-5-9-19(21)24(23)28-18-12-11-16-7-3-4-8-17(16)13-18/h3-13,24H,14-15H2,1-2H3. The predicted octanol–water partition coefficient (Wildman–Crippen LogP) is 6.71. The minimum absolute atomic E-state index is 0.0234. The lowest BCUT2D eigenvalue weighted by Gasteiger charge is -2.37. The molecule has 0 N–H and O–H groups in total. The number of fused-ring (bicyclic) bond motifs is 2. The molecule has 3 aromatic carbocycles. The normalized spacial score (nSPS) is 20.5. The molecule has 1 aliphatic carbocycles. The first-order valence-electron chi connectivity index (χ1n) is 9.69. The Balaban J connectivity index is 1.60. The number of carbonyl (C=O) groups is 1. The Hall–Kier alpha value is -2.52. The van der Waals surface area contributed by atoms with Crippen molar-refractivity contribution in [3.05, 3.63) is 83.6 Å². The average Bonchev–Trinajstić information content (AvgIpc) is 2.66. The molecule has 28 heavy (non-hydrogen) atoms. The monoisotopic (exact) mass is 386 g/mol. The van der Waals surface area contributed by atoms with Gasteiger partial charge in [-0.3, -0.25) is 4.79 Å². The molecular formula is C25H22O2S. The van der Waals surface area contributed by atoms with E-state index in [2.05, 4.69) is 62.4 Å². The molecule has 0 bridgehead atoms. The SMILES string of the molecule is CC1(C)CC(=O)C2=C(C1)Oc1ccccc1C2Sc1ccc2ccccc2c1. The lowest BCUT2D eigenvalue weighted by Crippen LogP contribution is -2.31. The quantitative estimate of drug-likeness (QED) is 0.490. The highest BCUT2D eigenvalue weighted by atomic mass is 32.2. The largest absolute Gasteiger partial charge is 0.461 e. The van der Waals surface area contributed by atoms with Crippen molar-refractivity contribution < 1.29 is 9.53 Å². The average molecular weight is 387 g/mol.